The molecule has 5 nitrogen and oxygen atoms in total. The van der Waals surface area contributed by atoms with E-state index in [1.807, 2.05) is 70.2 Å². The molecule has 0 unspecified atom stereocenters. The summed E-state index contributed by atoms with van der Waals surface area (Å²) >= 11 is 0. The first-order valence-corrected chi connectivity index (χ1v) is 11.2. The van der Waals surface area contributed by atoms with Crippen molar-refractivity contribution in [1.82, 2.24) is 9.47 Å². The van der Waals surface area contributed by atoms with Crippen LogP contribution in [0.2, 0.25) is 0 Å². The van der Waals surface area contributed by atoms with E-state index in [4.69, 9.17) is 0 Å². The van der Waals surface area contributed by atoms with Crippen molar-refractivity contribution in [3.8, 4) is 11.1 Å². The molecule has 0 bridgehead atoms. The predicted molar refractivity (Wildman–Crippen MR) is 132 cm³/mol. The first kappa shape index (κ1) is 21.6. The highest BCUT2D eigenvalue weighted by Crippen LogP contribution is 2.46. The molecule has 33 heavy (non-hydrogen) atoms. The van der Waals surface area contributed by atoms with E-state index < -0.39 is 17.2 Å². The fourth-order valence-electron chi connectivity index (χ4n) is 4.86. The summed E-state index contributed by atoms with van der Waals surface area (Å²) < 4.78 is 33.9. The van der Waals surface area contributed by atoms with Gasteiger partial charge in [-0.2, -0.15) is 0 Å². The van der Waals surface area contributed by atoms with Crippen molar-refractivity contribution in [2.45, 2.75) is 32.9 Å². The highest BCUT2D eigenvalue weighted by molar-refractivity contribution is 6.14. The number of benzene rings is 2. The Morgan fingerprint density at radius 1 is 1.18 bits per heavy atom. The molecule has 0 saturated carbocycles. The zero-order chi connectivity index (χ0) is 23.5. The third-order valence-corrected chi connectivity index (χ3v) is 6.49. The van der Waals surface area contributed by atoms with Crippen LogP contribution in [0.4, 0.5) is 20.2 Å². The molecule has 0 aliphatic carbocycles. The van der Waals surface area contributed by atoms with Crippen LogP contribution in [0, 0.1) is 11.6 Å². The van der Waals surface area contributed by atoms with Crippen LogP contribution < -0.4 is 10.2 Å². The molecule has 1 aromatic heterocycles. The molecule has 7 heteroatoms. The Kier molecular flexibility index (Phi) is 5.05. The first-order valence-electron chi connectivity index (χ1n) is 11.2. The average Bonchev–Trinajstić information content (AvgIpc) is 3.16. The fraction of sp³-hybridized carbons (Fsp3) is 0.346. The molecule has 3 aromatic rings. The van der Waals surface area contributed by atoms with Gasteiger partial charge >= 0.3 is 0 Å². The predicted octanol–water partition coefficient (Wildman–Crippen LogP) is 5.47. The van der Waals surface area contributed by atoms with E-state index >= 15 is 8.78 Å². The van der Waals surface area contributed by atoms with Crippen molar-refractivity contribution in [1.29, 1.82) is 0 Å². The minimum atomic E-state index is -0.581. The van der Waals surface area contributed by atoms with Gasteiger partial charge in [0.05, 0.1) is 23.3 Å². The van der Waals surface area contributed by atoms with E-state index in [9.17, 15) is 0 Å². The summed E-state index contributed by atoms with van der Waals surface area (Å²) in [6, 6.07) is 9.01. The summed E-state index contributed by atoms with van der Waals surface area (Å²) in [4.78, 5) is 8.58. The van der Waals surface area contributed by atoms with Gasteiger partial charge in [-0.1, -0.05) is 12.1 Å². The second-order valence-corrected chi connectivity index (χ2v) is 9.59. The molecule has 0 amide bonds. The number of halogens is 2. The minimum Gasteiger partial charge on any atom is -0.371 e. The van der Waals surface area contributed by atoms with Gasteiger partial charge in [0.1, 0.15) is 17.3 Å². The SMILES string of the molecule is CC1=CCN=C2N1c1c(cc(F)c(-c3cccc4c3ccn4CCN(C)C)c1F)NC2(C)C. The van der Waals surface area contributed by atoms with Gasteiger partial charge in [-0.15, -0.1) is 0 Å². The Labute approximate surface area is 193 Å². The molecule has 0 spiro atoms. The molecular weight excluding hydrogens is 420 g/mol. The quantitative estimate of drug-likeness (QED) is 0.573. The lowest BCUT2D eigenvalue weighted by atomic mass is 9.92. The van der Waals surface area contributed by atoms with Gasteiger partial charge in [0.15, 0.2) is 5.82 Å². The summed E-state index contributed by atoms with van der Waals surface area (Å²) in [5.41, 5.74) is 2.60. The number of allylic oxidation sites excluding steroid dienone is 1. The molecule has 0 fully saturated rings. The lowest BCUT2D eigenvalue weighted by Crippen LogP contribution is -2.54. The van der Waals surface area contributed by atoms with Crippen molar-refractivity contribution < 1.29 is 8.78 Å². The van der Waals surface area contributed by atoms with Crippen molar-refractivity contribution in [2.24, 2.45) is 4.99 Å². The van der Waals surface area contributed by atoms with Crippen LogP contribution in [0.5, 0.6) is 0 Å². The van der Waals surface area contributed by atoms with E-state index in [0.29, 0.717) is 23.5 Å². The lowest BCUT2D eigenvalue weighted by molar-refractivity contribution is 0.387. The van der Waals surface area contributed by atoms with E-state index in [1.165, 1.54) is 6.07 Å². The monoisotopic (exact) mass is 449 g/mol. The van der Waals surface area contributed by atoms with E-state index in [1.54, 1.807) is 6.07 Å². The van der Waals surface area contributed by atoms with Crippen LogP contribution >= 0.6 is 0 Å². The molecule has 2 aromatic carbocycles. The standard InChI is InChI=1S/C26H29F2N5/c1-16-9-11-29-25-26(2,3)30-20-15-19(27)22(23(28)24(20)33(16)25)18-7-6-8-21-17(18)10-12-32(21)14-13-31(4)5/h6-10,12,15,30H,11,13-14H2,1-5H3. The van der Waals surface area contributed by atoms with E-state index in [2.05, 4.69) is 19.8 Å². The van der Waals surface area contributed by atoms with Gasteiger partial charge in [0, 0.05) is 35.9 Å². The number of anilines is 2. The zero-order valence-corrected chi connectivity index (χ0v) is 19.7. The second kappa shape index (κ2) is 7.70. The Morgan fingerprint density at radius 3 is 2.73 bits per heavy atom. The zero-order valence-electron chi connectivity index (χ0n) is 19.7. The number of fused-ring (bicyclic) bond motifs is 4. The first-order chi connectivity index (χ1) is 15.7. The third-order valence-electron chi connectivity index (χ3n) is 6.49. The second-order valence-electron chi connectivity index (χ2n) is 9.59. The molecule has 3 heterocycles. The molecule has 2 aliphatic heterocycles. The Morgan fingerprint density at radius 2 is 1.97 bits per heavy atom. The van der Waals surface area contributed by atoms with Crippen LogP contribution in [0.15, 0.2) is 53.3 Å². The molecular formula is C26H29F2N5. The molecule has 0 radical (unpaired) electrons. The topological polar surface area (TPSA) is 35.8 Å². The normalized spacial score (nSPS) is 16.9. The van der Waals surface area contributed by atoms with Crippen LogP contribution in [0.1, 0.15) is 20.8 Å². The number of hydrogen-bond acceptors (Lipinski definition) is 4. The molecule has 5 rings (SSSR count). The lowest BCUT2D eigenvalue weighted by Gasteiger charge is -2.45. The number of amidine groups is 1. The summed E-state index contributed by atoms with van der Waals surface area (Å²) in [5, 5.41) is 4.13. The Balaban J connectivity index is 1.70. The van der Waals surface area contributed by atoms with Crippen molar-refractivity contribution >= 4 is 28.1 Å². The Hall–Kier alpha value is -3.19. The summed E-state index contributed by atoms with van der Waals surface area (Å²) in [7, 11) is 4.05. The van der Waals surface area contributed by atoms with Gasteiger partial charge in [0.25, 0.3) is 0 Å². The maximum absolute atomic E-state index is 16.3. The van der Waals surface area contributed by atoms with Crippen molar-refractivity contribution in [2.75, 3.05) is 37.4 Å². The smallest absolute Gasteiger partial charge is 0.160 e. The summed E-state index contributed by atoms with van der Waals surface area (Å²) in [5.74, 6) is -0.425. The number of likely N-dealkylation sites (N-methyl/N-ethyl adjacent to an activating group) is 1. The van der Waals surface area contributed by atoms with Gasteiger partial charge < -0.3 is 14.8 Å². The maximum Gasteiger partial charge on any atom is 0.160 e. The van der Waals surface area contributed by atoms with Gasteiger partial charge in [0.2, 0.25) is 0 Å². The van der Waals surface area contributed by atoms with Crippen LogP contribution in [0.25, 0.3) is 22.0 Å². The number of aromatic nitrogens is 1. The molecule has 172 valence electrons. The highest BCUT2D eigenvalue weighted by atomic mass is 19.1. The number of nitrogens with one attached hydrogen (secondary N) is 1. The third kappa shape index (κ3) is 3.42. The van der Waals surface area contributed by atoms with Gasteiger partial charge in [-0.25, -0.2) is 8.78 Å². The van der Waals surface area contributed by atoms with Crippen LogP contribution in [-0.2, 0) is 6.54 Å². The van der Waals surface area contributed by atoms with Crippen LogP contribution in [0.3, 0.4) is 0 Å². The van der Waals surface area contributed by atoms with Crippen molar-refractivity contribution in [3.05, 3.63) is 59.9 Å². The number of aliphatic imine (C=N–C) groups is 1. The highest BCUT2D eigenvalue weighted by Gasteiger charge is 2.41. The van der Waals surface area contributed by atoms with E-state index in [0.717, 1.165) is 35.5 Å². The Bertz CT molecular complexity index is 1320. The average molecular weight is 450 g/mol. The van der Waals surface area contributed by atoms with E-state index in [-0.39, 0.29) is 5.56 Å². The number of hydrogen-bond donors (Lipinski definition) is 1. The number of rotatable bonds is 4. The number of nitrogens with zero attached hydrogens (tertiary/aromatic N) is 4. The van der Waals surface area contributed by atoms with Gasteiger partial charge in [-0.3, -0.25) is 9.89 Å². The molecule has 0 atom stereocenters. The van der Waals surface area contributed by atoms with Crippen molar-refractivity contribution in [3.63, 3.8) is 0 Å². The minimum absolute atomic E-state index is 0.0102. The molecule has 2 aliphatic rings. The van der Waals surface area contributed by atoms with Gasteiger partial charge in [-0.05, 0) is 64.7 Å². The summed E-state index contributed by atoms with van der Waals surface area (Å²) in [6.45, 7) is 8.11. The largest absolute Gasteiger partial charge is 0.371 e. The summed E-state index contributed by atoms with van der Waals surface area (Å²) in [6.07, 6.45) is 3.95. The fourth-order valence-corrected chi connectivity index (χ4v) is 4.86. The maximum atomic E-state index is 16.3. The van der Waals surface area contributed by atoms with Crippen LogP contribution in [-0.4, -0.2) is 48.0 Å². The molecule has 0 saturated heterocycles. The molecule has 1 N–H and O–H groups in total.